The van der Waals surface area contributed by atoms with Crippen LogP contribution in [0.25, 0.3) is 10.2 Å². The molecule has 1 unspecified atom stereocenters. The zero-order valence-electron chi connectivity index (χ0n) is 21.2. The normalized spacial score (nSPS) is 21.9. The first-order valence-electron chi connectivity index (χ1n) is 12.6. The number of hydroxylamine groups is 1. The number of fused-ring (bicyclic) bond motifs is 1. The monoisotopic (exact) mass is 548 g/mol. The molecule has 2 aliphatic rings. The zero-order valence-corrected chi connectivity index (χ0v) is 22.1. The number of alkyl halides is 3. The molecule has 5 rings (SSSR count). The van der Waals surface area contributed by atoms with Crippen molar-refractivity contribution in [1.29, 1.82) is 0 Å². The first kappa shape index (κ1) is 26.9. The molecule has 0 radical (unpaired) electrons. The molecule has 3 atom stereocenters. The summed E-state index contributed by atoms with van der Waals surface area (Å²) in [5.41, 5.74) is 3.87. The van der Waals surface area contributed by atoms with E-state index in [-0.39, 0.29) is 18.2 Å². The second-order valence-corrected chi connectivity index (χ2v) is 11.1. The summed E-state index contributed by atoms with van der Waals surface area (Å²) in [4.78, 5) is 14.4. The van der Waals surface area contributed by atoms with Crippen LogP contribution in [0.1, 0.15) is 29.2 Å². The number of benzene rings is 2. The third kappa shape index (κ3) is 6.29. The van der Waals surface area contributed by atoms with E-state index in [1.807, 2.05) is 25.1 Å². The minimum Gasteiger partial charge on any atom is -0.491 e. The van der Waals surface area contributed by atoms with Gasteiger partial charge in [0.1, 0.15) is 24.6 Å². The van der Waals surface area contributed by atoms with Crippen LogP contribution in [0.4, 0.5) is 13.2 Å². The minimum absolute atomic E-state index is 0.0955. The number of hydrogen-bond acceptors (Lipinski definition) is 8. The Bertz CT molecular complexity index is 1300. The van der Waals surface area contributed by atoms with Gasteiger partial charge in [0.2, 0.25) is 0 Å². The number of aliphatic hydroxyl groups is 1. The molecule has 3 heterocycles. The Morgan fingerprint density at radius 1 is 1.24 bits per heavy atom. The van der Waals surface area contributed by atoms with Gasteiger partial charge in [0.05, 0.1) is 26.5 Å². The van der Waals surface area contributed by atoms with E-state index in [0.717, 1.165) is 46.6 Å². The van der Waals surface area contributed by atoms with E-state index in [1.165, 1.54) is 12.1 Å². The maximum absolute atomic E-state index is 13.4. The van der Waals surface area contributed by atoms with E-state index in [9.17, 15) is 18.3 Å². The molecule has 7 nitrogen and oxygen atoms in total. The van der Waals surface area contributed by atoms with Crippen LogP contribution in [-0.4, -0.2) is 71.4 Å². The molecule has 0 spiro atoms. The van der Waals surface area contributed by atoms with Crippen LogP contribution in [-0.2, 0) is 11.0 Å². The second kappa shape index (κ2) is 11.2. The number of aryl methyl sites for hydroxylation is 1. The Morgan fingerprint density at radius 3 is 2.84 bits per heavy atom. The average molecular weight is 549 g/mol. The van der Waals surface area contributed by atoms with Crippen molar-refractivity contribution in [3.8, 4) is 5.75 Å². The highest BCUT2D eigenvalue weighted by Gasteiger charge is 2.36. The van der Waals surface area contributed by atoms with E-state index in [0.29, 0.717) is 18.8 Å². The Kier molecular flexibility index (Phi) is 7.92. The van der Waals surface area contributed by atoms with Crippen molar-refractivity contribution >= 4 is 21.6 Å². The molecular weight excluding hydrogens is 517 g/mol. The van der Waals surface area contributed by atoms with Crippen molar-refractivity contribution in [2.75, 3.05) is 39.3 Å². The third-order valence-electron chi connectivity index (χ3n) is 6.84. The summed E-state index contributed by atoms with van der Waals surface area (Å²) in [7, 11) is 0. The van der Waals surface area contributed by atoms with Gasteiger partial charge in [0.15, 0.2) is 0 Å². The number of nitrogens with one attached hydrogen (secondary N) is 1. The van der Waals surface area contributed by atoms with Gasteiger partial charge < -0.3 is 9.84 Å². The highest BCUT2D eigenvalue weighted by atomic mass is 32.1. The van der Waals surface area contributed by atoms with Crippen molar-refractivity contribution in [2.45, 2.75) is 38.3 Å². The molecule has 1 fully saturated rings. The van der Waals surface area contributed by atoms with Crippen molar-refractivity contribution in [2.24, 2.45) is 0 Å². The molecule has 0 amide bonds. The molecule has 1 aromatic heterocycles. The lowest BCUT2D eigenvalue weighted by Crippen LogP contribution is -2.54. The fourth-order valence-electron chi connectivity index (χ4n) is 4.98. The van der Waals surface area contributed by atoms with Crippen LogP contribution in [0.2, 0.25) is 0 Å². The first-order valence-corrected chi connectivity index (χ1v) is 13.4. The Morgan fingerprint density at radius 2 is 2.05 bits per heavy atom. The van der Waals surface area contributed by atoms with Gasteiger partial charge in [-0.05, 0) is 43.7 Å². The van der Waals surface area contributed by atoms with Gasteiger partial charge in [-0.3, -0.25) is 20.1 Å². The van der Waals surface area contributed by atoms with E-state index in [1.54, 1.807) is 23.5 Å². The number of aliphatic hydroxyl groups excluding tert-OH is 1. The number of aromatic nitrogens is 1. The van der Waals surface area contributed by atoms with E-state index >= 15 is 0 Å². The quantitative estimate of drug-likeness (QED) is 0.429. The number of piperazine rings is 1. The Labute approximate surface area is 223 Å². The average Bonchev–Trinajstić information content (AvgIpc) is 3.49. The lowest BCUT2D eigenvalue weighted by Gasteiger charge is -2.40. The van der Waals surface area contributed by atoms with Crippen LogP contribution in [0.5, 0.6) is 5.75 Å². The molecule has 0 bridgehead atoms. The molecule has 38 heavy (non-hydrogen) atoms. The van der Waals surface area contributed by atoms with Crippen LogP contribution in [0.15, 0.2) is 54.2 Å². The topological polar surface area (TPSA) is 70.1 Å². The number of nitrogens with zero attached hydrogens (tertiary/aromatic N) is 3. The predicted octanol–water partition coefficient (Wildman–Crippen LogP) is 4.53. The predicted molar refractivity (Wildman–Crippen MR) is 140 cm³/mol. The standard InChI is InChI=1S/C27H31F3N4O3S/c1-17-13-33(15-20(35)16-36-21-7-8-26-24(12-21)31-18(2)38-26)9-10-34(17)14-19-11-25(37-32-19)22-5-3-4-6-23(22)27(28,29)30/h3-8,11-12,17,20,25,32,35H,9-10,13-16H2,1-2H3/t17-,20+,25?/m0/s1. The molecule has 2 aliphatic heterocycles. The van der Waals surface area contributed by atoms with E-state index in [2.05, 4.69) is 27.2 Å². The number of ether oxygens (including phenoxy) is 1. The minimum atomic E-state index is -4.44. The summed E-state index contributed by atoms with van der Waals surface area (Å²) >= 11 is 1.64. The van der Waals surface area contributed by atoms with Crippen molar-refractivity contribution in [3.05, 3.63) is 70.4 Å². The fraction of sp³-hybridized carbons (Fsp3) is 0.444. The zero-order chi connectivity index (χ0) is 26.9. The van der Waals surface area contributed by atoms with Crippen molar-refractivity contribution in [1.82, 2.24) is 20.3 Å². The highest BCUT2D eigenvalue weighted by molar-refractivity contribution is 7.18. The van der Waals surface area contributed by atoms with Crippen LogP contribution < -0.4 is 10.2 Å². The highest BCUT2D eigenvalue weighted by Crippen LogP contribution is 2.37. The maximum Gasteiger partial charge on any atom is 0.416 e. The second-order valence-electron chi connectivity index (χ2n) is 9.82. The molecular formula is C27H31F3N4O3S. The molecule has 11 heteroatoms. The molecule has 0 aliphatic carbocycles. The van der Waals surface area contributed by atoms with Gasteiger partial charge in [-0.1, -0.05) is 18.2 Å². The summed E-state index contributed by atoms with van der Waals surface area (Å²) < 4.78 is 47.1. The Hall–Kier alpha value is -2.70. The van der Waals surface area contributed by atoms with E-state index in [4.69, 9.17) is 9.57 Å². The van der Waals surface area contributed by atoms with Gasteiger partial charge in [-0.25, -0.2) is 4.98 Å². The lowest BCUT2D eigenvalue weighted by atomic mass is 10.0. The van der Waals surface area contributed by atoms with Crippen LogP contribution in [0, 0.1) is 6.92 Å². The number of thiazole rings is 1. The molecule has 0 saturated carbocycles. The van der Waals surface area contributed by atoms with Gasteiger partial charge in [0.25, 0.3) is 0 Å². The SMILES string of the molecule is Cc1nc2cc(OC[C@H](O)CN3CCN(CC4=CC(c5ccccc5C(F)(F)F)ON4)[C@@H](C)C3)ccc2s1. The van der Waals surface area contributed by atoms with Crippen molar-refractivity contribution < 1.29 is 27.9 Å². The van der Waals surface area contributed by atoms with Gasteiger partial charge in [-0.2, -0.15) is 13.2 Å². The number of halogens is 3. The molecule has 204 valence electrons. The molecule has 2 aromatic carbocycles. The summed E-state index contributed by atoms with van der Waals surface area (Å²) in [6.45, 7) is 7.59. The maximum atomic E-state index is 13.4. The molecule has 1 saturated heterocycles. The number of β-amino-alcohol motifs (C(OH)–C–C–N with tert-alkyl or cyclic N) is 1. The molecule has 3 aromatic rings. The van der Waals surface area contributed by atoms with Crippen LogP contribution >= 0.6 is 11.3 Å². The van der Waals surface area contributed by atoms with Crippen molar-refractivity contribution in [3.63, 3.8) is 0 Å². The first-order chi connectivity index (χ1) is 18.2. The summed E-state index contributed by atoms with van der Waals surface area (Å²) in [6.07, 6.45) is -4.15. The lowest BCUT2D eigenvalue weighted by molar-refractivity contribution is -0.139. The third-order valence-corrected chi connectivity index (χ3v) is 7.79. The van der Waals surface area contributed by atoms with Gasteiger partial charge >= 0.3 is 6.18 Å². The summed E-state index contributed by atoms with van der Waals surface area (Å²) in [5.74, 6) is 0.691. The van der Waals surface area contributed by atoms with Crippen LogP contribution in [0.3, 0.4) is 0 Å². The molecule has 2 N–H and O–H groups in total. The Balaban J connectivity index is 1.10. The van der Waals surface area contributed by atoms with Gasteiger partial charge in [-0.15, -0.1) is 11.3 Å². The fourth-order valence-corrected chi connectivity index (χ4v) is 5.78. The van der Waals surface area contributed by atoms with Gasteiger partial charge in [0, 0.05) is 44.8 Å². The largest absolute Gasteiger partial charge is 0.491 e. The smallest absolute Gasteiger partial charge is 0.416 e. The number of hydrogen-bond donors (Lipinski definition) is 2. The summed E-state index contributed by atoms with van der Waals surface area (Å²) in [6, 6.07) is 11.5. The number of rotatable bonds is 8. The summed E-state index contributed by atoms with van der Waals surface area (Å²) in [5, 5.41) is 11.6. The van der Waals surface area contributed by atoms with E-state index < -0.39 is 23.9 Å².